The number of hydrogen-bond acceptors (Lipinski definition) is 8. The lowest BCUT2D eigenvalue weighted by Gasteiger charge is -2.20. The molecule has 48 heavy (non-hydrogen) atoms. The van der Waals surface area contributed by atoms with Crippen LogP contribution in [0.4, 0.5) is 4.79 Å². The maximum Gasteiger partial charge on any atom is 0.334 e. The number of allylic oxidation sites excluding steroid dienone is 2. The summed E-state index contributed by atoms with van der Waals surface area (Å²) < 4.78 is 23.2. The molecule has 4 heterocycles. The molecular formula is C37H51N3O8. The minimum absolute atomic E-state index is 0.0121. The van der Waals surface area contributed by atoms with Gasteiger partial charge in [0.2, 0.25) is 5.91 Å². The first-order chi connectivity index (χ1) is 23.0. The average molecular weight is 666 g/mol. The lowest BCUT2D eigenvalue weighted by molar-refractivity contribution is -0.140. The van der Waals surface area contributed by atoms with Crippen molar-refractivity contribution in [3.8, 4) is 0 Å². The third kappa shape index (κ3) is 7.72. The molecule has 0 bridgehead atoms. The van der Waals surface area contributed by atoms with Crippen LogP contribution in [0.2, 0.25) is 0 Å². The predicted molar refractivity (Wildman–Crippen MR) is 178 cm³/mol. The molecule has 262 valence electrons. The Morgan fingerprint density at radius 3 is 1.83 bits per heavy atom. The fourth-order valence-electron chi connectivity index (χ4n) is 7.91. The Morgan fingerprint density at radius 1 is 0.771 bits per heavy atom. The number of ether oxygens (including phenoxy) is 4. The van der Waals surface area contributed by atoms with E-state index < -0.39 is 0 Å². The van der Waals surface area contributed by atoms with Gasteiger partial charge in [0, 0.05) is 49.0 Å². The second-order valence-electron chi connectivity index (χ2n) is 14.8. The van der Waals surface area contributed by atoms with Crippen LogP contribution in [0.3, 0.4) is 0 Å². The molecule has 0 spiro atoms. The summed E-state index contributed by atoms with van der Waals surface area (Å²) in [6.45, 7) is 13.6. The number of unbranched alkanes of at least 4 members (excludes halogenated alkanes) is 2. The van der Waals surface area contributed by atoms with Crippen LogP contribution in [0.25, 0.3) is 0 Å². The summed E-state index contributed by atoms with van der Waals surface area (Å²) in [6.07, 6.45) is 12.9. The van der Waals surface area contributed by atoms with Gasteiger partial charge in [-0.05, 0) is 78.1 Å². The van der Waals surface area contributed by atoms with E-state index in [2.05, 4.69) is 55.1 Å². The smallest absolute Gasteiger partial charge is 0.334 e. The van der Waals surface area contributed by atoms with E-state index in [0.717, 1.165) is 81.8 Å². The molecule has 6 rings (SSSR count). The summed E-state index contributed by atoms with van der Waals surface area (Å²) in [5.74, 6) is -0.760. The number of fused-ring (bicyclic) bond motifs is 6. The summed E-state index contributed by atoms with van der Waals surface area (Å²) in [4.78, 5) is 49.5. The molecule has 0 aromatic carbocycles. The van der Waals surface area contributed by atoms with E-state index in [1.807, 2.05) is 0 Å². The Morgan fingerprint density at radius 2 is 1.29 bits per heavy atom. The molecular weight excluding hydrogens is 614 g/mol. The maximum absolute atomic E-state index is 12.6. The number of carbonyl (C=O) groups is 4. The van der Waals surface area contributed by atoms with Crippen LogP contribution in [0, 0.1) is 11.8 Å². The van der Waals surface area contributed by atoms with Crippen molar-refractivity contribution in [1.29, 1.82) is 0 Å². The standard InChI is InChI=1S/C37H51N3O8/c1-22-26-15-13-24(10-8-17-36(3)31(47-36)29(26)45-33(22)42)20-39-28(41)12-6-5-7-19-38-35(44)40-21-25-11-9-18-37(4)32(48-37)30-27(16-14-25)23(2)34(43)46-30/h10-11,26-27,29-32H,1-2,5-9,12-21H2,3-4H3,(H,39,41)(H2,38,40,44)/b24-10+,25-11+/t26-,27-,29-,30-,31-,32-,36+,37+/m0/s1. The zero-order chi connectivity index (χ0) is 34.1. The molecule has 4 fully saturated rings. The van der Waals surface area contributed by atoms with E-state index in [4.69, 9.17) is 18.9 Å². The van der Waals surface area contributed by atoms with Gasteiger partial charge in [0.1, 0.15) is 24.4 Å². The molecule has 0 aromatic heterocycles. The predicted octanol–water partition coefficient (Wildman–Crippen LogP) is 4.47. The highest BCUT2D eigenvalue weighted by Gasteiger charge is 2.62. The van der Waals surface area contributed by atoms with Crippen molar-refractivity contribution >= 4 is 23.9 Å². The third-order valence-electron chi connectivity index (χ3n) is 11.2. The minimum atomic E-state index is -0.327. The number of nitrogens with one attached hydrogen (secondary N) is 3. The number of epoxide rings is 2. The van der Waals surface area contributed by atoms with E-state index in [-0.39, 0.29) is 71.3 Å². The molecule has 3 N–H and O–H groups in total. The van der Waals surface area contributed by atoms with Crippen molar-refractivity contribution in [3.05, 3.63) is 47.6 Å². The molecule has 0 aromatic rings. The van der Waals surface area contributed by atoms with E-state index in [0.29, 0.717) is 37.2 Å². The highest BCUT2D eigenvalue weighted by Crippen LogP contribution is 2.51. The Bertz CT molecular complexity index is 1300. The van der Waals surface area contributed by atoms with E-state index in [9.17, 15) is 19.2 Å². The summed E-state index contributed by atoms with van der Waals surface area (Å²) >= 11 is 0. The molecule has 6 aliphatic rings. The van der Waals surface area contributed by atoms with E-state index in [1.165, 1.54) is 0 Å². The molecule has 11 heteroatoms. The highest BCUT2D eigenvalue weighted by molar-refractivity contribution is 5.91. The molecule has 11 nitrogen and oxygen atoms in total. The fourth-order valence-corrected chi connectivity index (χ4v) is 7.91. The van der Waals surface area contributed by atoms with Crippen molar-refractivity contribution in [2.75, 3.05) is 19.6 Å². The van der Waals surface area contributed by atoms with Crippen LogP contribution in [0.5, 0.6) is 0 Å². The molecule has 8 atom stereocenters. The third-order valence-corrected chi connectivity index (χ3v) is 11.2. The average Bonchev–Trinajstić information content (AvgIpc) is 3.86. The van der Waals surface area contributed by atoms with Gasteiger partial charge >= 0.3 is 18.0 Å². The lowest BCUT2D eigenvalue weighted by atomic mass is 9.84. The SMILES string of the molecule is C=C1C(=O)O[C@H]2[C@H]1CC/C(CNC(=O)CCCCCNC(=O)NC/C1=C/CC[C@@]3(C)O[C@H]3[C@H]3OC(=O)C(=C)[C@@H]3CC1)=C\CC[C@@]1(C)O[C@@H]21. The minimum Gasteiger partial charge on any atom is -0.455 e. The molecule has 2 aliphatic carbocycles. The number of urea groups is 1. The van der Waals surface area contributed by atoms with Crippen LogP contribution in [0.1, 0.15) is 90.9 Å². The molecule has 3 amide bonds. The molecule has 0 saturated carbocycles. The summed E-state index contributed by atoms with van der Waals surface area (Å²) in [5.41, 5.74) is 2.77. The second-order valence-corrected chi connectivity index (χ2v) is 14.8. The first-order valence-electron chi connectivity index (χ1n) is 17.8. The topological polar surface area (TPSA) is 148 Å². The number of amides is 3. The van der Waals surface area contributed by atoms with Crippen LogP contribution in [0.15, 0.2) is 47.6 Å². The molecule has 4 aliphatic heterocycles. The Hall–Kier alpha value is -3.44. The van der Waals surface area contributed by atoms with Crippen LogP contribution >= 0.6 is 0 Å². The summed E-state index contributed by atoms with van der Waals surface area (Å²) in [5, 5.41) is 8.95. The van der Waals surface area contributed by atoms with Crippen molar-refractivity contribution in [1.82, 2.24) is 16.0 Å². The van der Waals surface area contributed by atoms with Crippen LogP contribution in [-0.4, -0.2) is 79.1 Å². The van der Waals surface area contributed by atoms with E-state index >= 15 is 0 Å². The Kier molecular flexibility index (Phi) is 10.2. The van der Waals surface area contributed by atoms with Gasteiger partial charge in [-0.1, -0.05) is 42.9 Å². The molecule has 0 unspecified atom stereocenters. The monoisotopic (exact) mass is 665 g/mol. The number of esters is 2. The van der Waals surface area contributed by atoms with Gasteiger partial charge < -0.3 is 34.9 Å². The van der Waals surface area contributed by atoms with Crippen molar-refractivity contribution in [3.63, 3.8) is 0 Å². The Labute approximate surface area is 283 Å². The van der Waals surface area contributed by atoms with E-state index in [1.54, 1.807) is 0 Å². The first kappa shape index (κ1) is 34.4. The summed E-state index contributed by atoms with van der Waals surface area (Å²) in [7, 11) is 0. The maximum atomic E-state index is 12.6. The number of carbonyl (C=O) groups excluding carboxylic acids is 4. The van der Waals surface area contributed by atoms with Gasteiger partial charge in [-0.2, -0.15) is 0 Å². The van der Waals surface area contributed by atoms with Crippen LogP contribution in [-0.2, 0) is 33.3 Å². The van der Waals surface area contributed by atoms with Gasteiger partial charge in [0.15, 0.2) is 0 Å². The zero-order valence-corrected chi connectivity index (χ0v) is 28.4. The Balaban J connectivity index is 0.849. The van der Waals surface area contributed by atoms with Gasteiger partial charge in [-0.15, -0.1) is 0 Å². The number of hydrogen-bond donors (Lipinski definition) is 3. The fraction of sp³-hybridized carbons (Fsp3) is 0.676. The first-order valence-corrected chi connectivity index (χ1v) is 17.8. The quantitative estimate of drug-likeness (QED) is 0.102. The van der Waals surface area contributed by atoms with Crippen molar-refractivity contribution < 1.29 is 38.1 Å². The highest BCUT2D eigenvalue weighted by atomic mass is 16.7. The van der Waals surface area contributed by atoms with Gasteiger partial charge in [0.05, 0.1) is 11.2 Å². The van der Waals surface area contributed by atoms with Gasteiger partial charge in [-0.25, -0.2) is 14.4 Å². The van der Waals surface area contributed by atoms with Crippen molar-refractivity contribution in [2.24, 2.45) is 11.8 Å². The zero-order valence-electron chi connectivity index (χ0n) is 28.4. The van der Waals surface area contributed by atoms with Gasteiger partial charge in [-0.3, -0.25) is 4.79 Å². The normalized spacial score (nSPS) is 37.9. The lowest BCUT2D eigenvalue weighted by Crippen LogP contribution is -2.37. The van der Waals surface area contributed by atoms with Crippen LogP contribution < -0.4 is 16.0 Å². The van der Waals surface area contributed by atoms with Gasteiger partial charge in [0.25, 0.3) is 0 Å². The molecule has 4 saturated heterocycles. The van der Waals surface area contributed by atoms with Crippen molar-refractivity contribution in [2.45, 2.75) is 127 Å². The molecule has 0 radical (unpaired) electrons. The second kappa shape index (κ2) is 14.2. The summed E-state index contributed by atoms with van der Waals surface area (Å²) in [6, 6.07) is -0.217. The largest absolute Gasteiger partial charge is 0.455 e. The number of rotatable bonds is 10.